The van der Waals surface area contributed by atoms with Gasteiger partial charge in [0.1, 0.15) is 12.2 Å². The second-order valence-electron chi connectivity index (χ2n) is 10.7. The van der Waals surface area contributed by atoms with E-state index in [1.54, 1.807) is 0 Å². The summed E-state index contributed by atoms with van der Waals surface area (Å²) in [5, 5.41) is 43.4. The molecule has 2 bridgehead atoms. The lowest BCUT2D eigenvalue weighted by Crippen LogP contribution is -2.68. The largest absolute Gasteiger partial charge is 0.463 e. The molecule has 4 aliphatic rings. The molecule has 4 saturated carbocycles. The van der Waals surface area contributed by atoms with Crippen LogP contribution in [0.1, 0.15) is 65.7 Å². The van der Waals surface area contributed by atoms with E-state index >= 15 is 0 Å². The molecule has 160 valence electrons. The lowest BCUT2D eigenvalue weighted by atomic mass is 9.38. The molecule has 0 aromatic carbocycles. The van der Waals surface area contributed by atoms with Crippen molar-refractivity contribution in [2.45, 2.75) is 83.5 Å². The summed E-state index contributed by atoms with van der Waals surface area (Å²) in [6, 6.07) is 0. The van der Waals surface area contributed by atoms with Gasteiger partial charge in [0.2, 0.25) is 0 Å². The Labute approximate surface area is 167 Å². The van der Waals surface area contributed by atoms with Crippen LogP contribution in [0.2, 0.25) is 0 Å². The molecule has 0 saturated heterocycles. The van der Waals surface area contributed by atoms with Crippen LogP contribution in [0.4, 0.5) is 0 Å². The molecular weight excluding hydrogens is 360 g/mol. The topological polar surface area (TPSA) is 107 Å². The minimum atomic E-state index is -0.987. The predicted octanol–water partition coefficient (Wildman–Crippen LogP) is 1.63. The summed E-state index contributed by atoms with van der Waals surface area (Å²) in [6.45, 7) is 5.48. The molecule has 6 heteroatoms. The molecule has 0 radical (unpaired) electrons. The number of ether oxygens (including phenoxy) is 1. The van der Waals surface area contributed by atoms with Crippen LogP contribution in [0.3, 0.4) is 0 Å². The third kappa shape index (κ3) is 2.44. The normalized spacial score (nSPS) is 55.3. The Bertz CT molecular complexity index is 653. The number of esters is 1. The van der Waals surface area contributed by atoms with E-state index in [-0.39, 0.29) is 36.4 Å². The van der Waals surface area contributed by atoms with Crippen molar-refractivity contribution in [1.29, 1.82) is 0 Å². The van der Waals surface area contributed by atoms with Gasteiger partial charge in [-0.25, -0.2) is 0 Å². The zero-order valence-electron chi connectivity index (χ0n) is 17.4. The summed E-state index contributed by atoms with van der Waals surface area (Å²) in [5.74, 6) is 0.142. The molecule has 0 aromatic heterocycles. The van der Waals surface area contributed by atoms with Gasteiger partial charge in [-0.3, -0.25) is 4.79 Å². The zero-order chi connectivity index (χ0) is 20.5. The lowest BCUT2D eigenvalue weighted by Gasteiger charge is -2.68. The molecule has 0 heterocycles. The van der Waals surface area contributed by atoms with Gasteiger partial charge in [0.15, 0.2) is 0 Å². The maximum Gasteiger partial charge on any atom is 0.302 e. The first-order chi connectivity index (χ1) is 13.0. The van der Waals surface area contributed by atoms with Crippen molar-refractivity contribution in [1.82, 2.24) is 0 Å². The Hall–Kier alpha value is -0.690. The first-order valence-corrected chi connectivity index (χ1v) is 10.9. The Morgan fingerprint density at radius 3 is 2.43 bits per heavy atom. The van der Waals surface area contributed by atoms with Crippen LogP contribution in [-0.2, 0) is 9.53 Å². The number of fused-ring (bicyclic) bond motifs is 2. The smallest absolute Gasteiger partial charge is 0.302 e. The van der Waals surface area contributed by atoms with Gasteiger partial charge in [-0.1, -0.05) is 13.8 Å². The van der Waals surface area contributed by atoms with Gasteiger partial charge in [-0.05, 0) is 61.7 Å². The van der Waals surface area contributed by atoms with Crippen molar-refractivity contribution in [2.75, 3.05) is 13.2 Å². The number of aliphatic hydroxyl groups excluding tert-OH is 3. The van der Waals surface area contributed by atoms with Gasteiger partial charge in [-0.2, -0.15) is 0 Å². The van der Waals surface area contributed by atoms with E-state index in [2.05, 4.69) is 6.92 Å². The Kier molecular flexibility index (Phi) is 4.70. The number of carbonyl (C=O) groups excluding carboxylic acids is 1. The van der Waals surface area contributed by atoms with Crippen molar-refractivity contribution in [2.24, 2.45) is 34.0 Å². The summed E-state index contributed by atoms with van der Waals surface area (Å²) < 4.78 is 5.20. The maximum atomic E-state index is 11.3. The van der Waals surface area contributed by atoms with Gasteiger partial charge in [-0.15, -0.1) is 0 Å². The molecule has 9 unspecified atom stereocenters. The second kappa shape index (κ2) is 6.40. The molecule has 0 aromatic rings. The molecule has 1 spiro atoms. The zero-order valence-corrected chi connectivity index (χ0v) is 17.4. The Balaban J connectivity index is 1.69. The maximum absolute atomic E-state index is 11.3. The van der Waals surface area contributed by atoms with E-state index in [1.807, 2.05) is 6.92 Å². The van der Waals surface area contributed by atoms with E-state index in [1.165, 1.54) is 6.92 Å². The fraction of sp³-hybridized carbons (Fsp3) is 0.955. The van der Waals surface area contributed by atoms with Gasteiger partial charge in [0.25, 0.3) is 0 Å². The molecule has 4 aliphatic carbocycles. The van der Waals surface area contributed by atoms with E-state index < -0.39 is 28.6 Å². The quantitative estimate of drug-likeness (QED) is 0.540. The van der Waals surface area contributed by atoms with Crippen LogP contribution in [0.15, 0.2) is 0 Å². The summed E-state index contributed by atoms with van der Waals surface area (Å²) in [5.41, 5.74) is -2.10. The molecular formula is C22H36O6. The summed E-state index contributed by atoms with van der Waals surface area (Å²) in [4.78, 5) is 11.3. The highest BCUT2D eigenvalue weighted by Gasteiger charge is 2.72. The predicted molar refractivity (Wildman–Crippen MR) is 102 cm³/mol. The minimum absolute atomic E-state index is 0.0402. The van der Waals surface area contributed by atoms with Crippen molar-refractivity contribution in [3.63, 3.8) is 0 Å². The SMILES string of the molecule is CC(=O)OCC1(O)CCC23CC1CC2CCC1C(C)(CO)C(O)CC(O)C13C. The average Bonchev–Trinajstić information content (AvgIpc) is 3.00. The molecule has 0 aliphatic heterocycles. The number of carbonyl (C=O) groups is 1. The van der Waals surface area contributed by atoms with Crippen molar-refractivity contribution in [3.8, 4) is 0 Å². The van der Waals surface area contributed by atoms with Crippen LogP contribution in [0.5, 0.6) is 0 Å². The number of hydrogen-bond donors (Lipinski definition) is 4. The van der Waals surface area contributed by atoms with Crippen LogP contribution < -0.4 is 0 Å². The Morgan fingerprint density at radius 2 is 1.79 bits per heavy atom. The molecule has 0 amide bonds. The van der Waals surface area contributed by atoms with Gasteiger partial charge < -0.3 is 25.2 Å². The summed E-state index contributed by atoms with van der Waals surface area (Å²) >= 11 is 0. The van der Waals surface area contributed by atoms with Crippen LogP contribution in [-0.4, -0.2) is 57.4 Å². The molecule has 9 atom stereocenters. The number of rotatable bonds is 3. The summed E-state index contributed by atoms with van der Waals surface area (Å²) in [6.07, 6.45) is 3.90. The first kappa shape index (κ1) is 20.6. The van der Waals surface area contributed by atoms with Crippen molar-refractivity contribution >= 4 is 5.97 Å². The molecule has 4 fully saturated rings. The molecule has 4 rings (SSSR count). The molecule has 4 N–H and O–H groups in total. The van der Waals surface area contributed by atoms with E-state index in [0.29, 0.717) is 18.8 Å². The average molecular weight is 397 g/mol. The number of aliphatic hydroxyl groups is 4. The Morgan fingerprint density at radius 1 is 1.07 bits per heavy atom. The molecule has 6 nitrogen and oxygen atoms in total. The highest BCUT2D eigenvalue weighted by Crippen LogP contribution is 2.75. The minimum Gasteiger partial charge on any atom is -0.463 e. The fourth-order valence-electron chi connectivity index (χ4n) is 8.12. The monoisotopic (exact) mass is 396 g/mol. The van der Waals surface area contributed by atoms with Crippen molar-refractivity contribution in [3.05, 3.63) is 0 Å². The lowest BCUT2D eigenvalue weighted by molar-refractivity contribution is -0.259. The number of hydrogen-bond acceptors (Lipinski definition) is 6. The van der Waals surface area contributed by atoms with E-state index in [9.17, 15) is 25.2 Å². The van der Waals surface area contributed by atoms with E-state index in [4.69, 9.17) is 4.74 Å². The highest BCUT2D eigenvalue weighted by atomic mass is 16.5. The second-order valence-corrected chi connectivity index (χ2v) is 10.7. The van der Waals surface area contributed by atoms with Crippen LogP contribution in [0.25, 0.3) is 0 Å². The van der Waals surface area contributed by atoms with Gasteiger partial charge in [0.05, 0.1) is 18.8 Å². The van der Waals surface area contributed by atoms with Gasteiger partial charge >= 0.3 is 5.97 Å². The van der Waals surface area contributed by atoms with Crippen LogP contribution >= 0.6 is 0 Å². The first-order valence-electron chi connectivity index (χ1n) is 10.9. The van der Waals surface area contributed by atoms with Crippen LogP contribution in [0, 0.1) is 34.0 Å². The van der Waals surface area contributed by atoms with E-state index in [0.717, 1.165) is 32.1 Å². The third-order valence-electron chi connectivity index (χ3n) is 9.89. The standard InChI is InChI=1S/C22H36O6/c1-13(24)28-12-22(27)7-6-21-10-15(22)8-14(21)4-5-16-19(2,11-23)17(25)9-18(26)20(16,21)3/h14-18,23,25-27H,4-12H2,1-3H3. The highest BCUT2D eigenvalue weighted by molar-refractivity contribution is 5.66. The summed E-state index contributed by atoms with van der Waals surface area (Å²) in [7, 11) is 0. The van der Waals surface area contributed by atoms with Gasteiger partial charge in [0, 0.05) is 24.2 Å². The fourth-order valence-corrected chi connectivity index (χ4v) is 8.12. The third-order valence-corrected chi connectivity index (χ3v) is 9.89. The van der Waals surface area contributed by atoms with Crippen molar-refractivity contribution < 1.29 is 30.0 Å². The molecule has 28 heavy (non-hydrogen) atoms.